The smallest absolute Gasteiger partial charge is 0.407 e. The topological polar surface area (TPSA) is 105 Å². The average molecular weight is 321 g/mol. The van der Waals surface area contributed by atoms with Gasteiger partial charge in [-0.1, -0.05) is 30.3 Å². The zero-order chi connectivity index (χ0) is 16.7. The van der Waals surface area contributed by atoms with E-state index in [0.29, 0.717) is 25.9 Å². The number of rotatable bonds is 5. The summed E-state index contributed by atoms with van der Waals surface area (Å²) in [5.41, 5.74) is 6.24. The summed E-state index contributed by atoms with van der Waals surface area (Å²) in [6.07, 6.45) is 0.735. The molecule has 1 saturated heterocycles. The molecular formula is C16H23N3O4. The number of hydrogen-bond acceptors (Lipinski definition) is 4. The van der Waals surface area contributed by atoms with Crippen molar-refractivity contribution >= 4 is 12.1 Å². The van der Waals surface area contributed by atoms with Gasteiger partial charge in [-0.15, -0.1) is 0 Å². The van der Waals surface area contributed by atoms with Gasteiger partial charge in [-0.05, 0) is 24.3 Å². The van der Waals surface area contributed by atoms with Gasteiger partial charge in [0.15, 0.2) is 0 Å². The molecule has 7 nitrogen and oxygen atoms in total. The van der Waals surface area contributed by atoms with Crippen LogP contribution in [-0.4, -0.2) is 47.9 Å². The van der Waals surface area contributed by atoms with Crippen molar-refractivity contribution in [1.82, 2.24) is 10.2 Å². The first-order chi connectivity index (χ1) is 11.1. The molecule has 0 aliphatic carbocycles. The van der Waals surface area contributed by atoms with Crippen molar-refractivity contribution in [3.05, 3.63) is 35.9 Å². The van der Waals surface area contributed by atoms with E-state index in [-0.39, 0.29) is 25.2 Å². The molecule has 0 aromatic heterocycles. The maximum Gasteiger partial charge on any atom is 0.407 e. The molecule has 0 saturated carbocycles. The van der Waals surface area contributed by atoms with Gasteiger partial charge >= 0.3 is 12.1 Å². The second kappa shape index (κ2) is 8.38. The predicted octanol–water partition coefficient (Wildman–Crippen LogP) is 1.06. The predicted molar refractivity (Wildman–Crippen MR) is 84.5 cm³/mol. The van der Waals surface area contributed by atoms with Gasteiger partial charge in [-0.3, -0.25) is 0 Å². The Balaban J connectivity index is 1.84. The number of benzene rings is 1. The maximum atomic E-state index is 11.9. The van der Waals surface area contributed by atoms with Crippen LogP contribution in [0.3, 0.4) is 0 Å². The van der Waals surface area contributed by atoms with Crippen LogP contribution in [0.4, 0.5) is 9.59 Å². The van der Waals surface area contributed by atoms with Crippen LogP contribution in [0.5, 0.6) is 0 Å². The molecule has 1 heterocycles. The number of primary amides is 1. The van der Waals surface area contributed by atoms with Gasteiger partial charge in [-0.25, -0.2) is 9.59 Å². The summed E-state index contributed by atoms with van der Waals surface area (Å²) in [5.74, 6) is 0.112. The molecule has 2 rings (SSSR count). The van der Waals surface area contributed by atoms with E-state index >= 15 is 0 Å². The highest BCUT2D eigenvalue weighted by Crippen LogP contribution is 2.20. The van der Waals surface area contributed by atoms with Crippen LogP contribution in [0.15, 0.2) is 30.3 Å². The number of nitrogens with zero attached hydrogens (tertiary/aromatic N) is 1. The van der Waals surface area contributed by atoms with Crippen molar-refractivity contribution in [1.29, 1.82) is 0 Å². The van der Waals surface area contributed by atoms with Crippen molar-refractivity contribution in [2.45, 2.75) is 25.5 Å². The van der Waals surface area contributed by atoms with E-state index in [4.69, 9.17) is 15.6 Å². The molecule has 1 aromatic rings. The Morgan fingerprint density at radius 2 is 2.04 bits per heavy atom. The fourth-order valence-corrected chi connectivity index (χ4v) is 2.81. The van der Waals surface area contributed by atoms with Gasteiger partial charge < -0.3 is 25.8 Å². The van der Waals surface area contributed by atoms with E-state index in [1.54, 1.807) is 0 Å². The standard InChI is InChI=1S/C16H23N3O4/c17-15(21)19-9-13(6-7-20)8-14(10-19)18-16(22)23-11-12-4-2-1-3-5-12/h1-5,13-14,20H,6-11H2,(H2,17,21)(H,18,22). The molecule has 1 aromatic carbocycles. The van der Waals surface area contributed by atoms with E-state index in [0.717, 1.165) is 5.56 Å². The lowest BCUT2D eigenvalue weighted by molar-refractivity contribution is 0.112. The lowest BCUT2D eigenvalue weighted by atomic mass is 9.92. The third kappa shape index (κ3) is 5.45. The molecule has 23 heavy (non-hydrogen) atoms. The molecule has 2 unspecified atom stereocenters. The fourth-order valence-electron chi connectivity index (χ4n) is 2.81. The van der Waals surface area contributed by atoms with Crippen molar-refractivity contribution in [2.24, 2.45) is 11.7 Å². The number of nitrogens with one attached hydrogen (secondary N) is 1. The molecule has 1 fully saturated rings. The third-order valence-corrected chi connectivity index (χ3v) is 3.92. The van der Waals surface area contributed by atoms with Gasteiger partial charge in [0, 0.05) is 19.7 Å². The largest absolute Gasteiger partial charge is 0.445 e. The number of nitrogens with two attached hydrogens (primary N) is 1. The quantitative estimate of drug-likeness (QED) is 0.754. The molecule has 3 amide bonds. The average Bonchev–Trinajstić information content (AvgIpc) is 2.54. The molecule has 126 valence electrons. The lowest BCUT2D eigenvalue weighted by Crippen LogP contribution is -2.54. The zero-order valence-electron chi connectivity index (χ0n) is 13.0. The monoisotopic (exact) mass is 321 g/mol. The lowest BCUT2D eigenvalue weighted by Gasteiger charge is -2.36. The number of carbonyl (C=O) groups is 2. The van der Waals surface area contributed by atoms with Gasteiger partial charge in [-0.2, -0.15) is 0 Å². The van der Waals surface area contributed by atoms with E-state index in [1.807, 2.05) is 30.3 Å². The minimum absolute atomic E-state index is 0.0441. The van der Waals surface area contributed by atoms with E-state index in [2.05, 4.69) is 5.32 Å². The molecule has 0 bridgehead atoms. The zero-order valence-corrected chi connectivity index (χ0v) is 13.0. The van der Waals surface area contributed by atoms with Crippen molar-refractivity contribution in [2.75, 3.05) is 19.7 Å². The maximum absolute atomic E-state index is 11.9. The minimum Gasteiger partial charge on any atom is -0.445 e. The van der Waals surface area contributed by atoms with Crippen LogP contribution in [-0.2, 0) is 11.3 Å². The summed E-state index contributed by atoms with van der Waals surface area (Å²) in [6.45, 7) is 1.10. The number of amides is 3. The summed E-state index contributed by atoms with van der Waals surface area (Å²) >= 11 is 0. The Labute approximate surface area is 135 Å². The Bertz CT molecular complexity index is 523. The highest BCUT2D eigenvalue weighted by Gasteiger charge is 2.29. The Morgan fingerprint density at radius 1 is 1.30 bits per heavy atom. The molecule has 0 radical (unpaired) electrons. The molecular weight excluding hydrogens is 298 g/mol. The first-order valence-corrected chi connectivity index (χ1v) is 7.71. The molecule has 1 aliphatic heterocycles. The number of hydrogen-bond donors (Lipinski definition) is 3. The fraction of sp³-hybridized carbons (Fsp3) is 0.500. The molecule has 0 spiro atoms. The van der Waals surface area contributed by atoms with Crippen molar-refractivity contribution in [3.63, 3.8) is 0 Å². The second-order valence-corrected chi connectivity index (χ2v) is 5.76. The molecule has 2 atom stereocenters. The van der Waals surface area contributed by atoms with Gasteiger partial charge in [0.1, 0.15) is 6.61 Å². The van der Waals surface area contributed by atoms with E-state index in [1.165, 1.54) is 4.90 Å². The van der Waals surface area contributed by atoms with Crippen LogP contribution in [0.25, 0.3) is 0 Å². The number of aliphatic hydroxyl groups is 1. The summed E-state index contributed by atoms with van der Waals surface area (Å²) in [7, 11) is 0. The summed E-state index contributed by atoms with van der Waals surface area (Å²) in [4.78, 5) is 24.8. The number of likely N-dealkylation sites (tertiary alicyclic amines) is 1. The van der Waals surface area contributed by atoms with Crippen LogP contribution in [0.2, 0.25) is 0 Å². The minimum atomic E-state index is -0.520. The van der Waals surface area contributed by atoms with Gasteiger partial charge in [0.25, 0.3) is 0 Å². The van der Waals surface area contributed by atoms with E-state index in [9.17, 15) is 9.59 Å². The van der Waals surface area contributed by atoms with E-state index < -0.39 is 12.1 Å². The number of carbonyl (C=O) groups excluding carboxylic acids is 2. The number of urea groups is 1. The summed E-state index contributed by atoms with van der Waals surface area (Å²) in [5, 5.41) is 11.8. The number of piperidine rings is 1. The summed E-state index contributed by atoms with van der Waals surface area (Å²) in [6, 6.07) is 8.66. The molecule has 7 heteroatoms. The highest BCUT2D eigenvalue weighted by atomic mass is 16.5. The van der Waals surface area contributed by atoms with Crippen LogP contribution < -0.4 is 11.1 Å². The molecule has 4 N–H and O–H groups in total. The normalized spacial score (nSPS) is 20.8. The van der Waals surface area contributed by atoms with Crippen molar-refractivity contribution < 1.29 is 19.4 Å². The number of alkyl carbamates (subject to hydrolysis) is 1. The second-order valence-electron chi connectivity index (χ2n) is 5.76. The first kappa shape index (κ1) is 17.1. The Morgan fingerprint density at radius 3 is 2.70 bits per heavy atom. The Kier molecular flexibility index (Phi) is 6.22. The van der Waals surface area contributed by atoms with Crippen LogP contribution in [0, 0.1) is 5.92 Å². The SMILES string of the molecule is NC(=O)N1CC(CCO)CC(NC(=O)OCc2ccccc2)C1. The molecule has 1 aliphatic rings. The Hall–Kier alpha value is -2.28. The third-order valence-electron chi connectivity index (χ3n) is 3.92. The summed E-state index contributed by atoms with van der Waals surface area (Å²) < 4.78 is 5.19. The first-order valence-electron chi connectivity index (χ1n) is 7.71. The van der Waals surface area contributed by atoms with Crippen molar-refractivity contribution in [3.8, 4) is 0 Å². The highest BCUT2D eigenvalue weighted by molar-refractivity contribution is 5.72. The number of aliphatic hydroxyl groups excluding tert-OH is 1. The van der Waals surface area contributed by atoms with Gasteiger partial charge in [0.2, 0.25) is 0 Å². The van der Waals surface area contributed by atoms with Gasteiger partial charge in [0.05, 0.1) is 6.04 Å². The number of ether oxygens (including phenoxy) is 1. The van der Waals surface area contributed by atoms with Crippen LogP contribution in [0.1, 0.15) is 18.4 Å². The van der Waals surface area contributed by atoms with Crippen LogP contribution >= 0.6 is 0 Å².